The molecule has 5 rings (SSSR count). The van der Waals surface area contributed by atoms with Gasteiger partial charge in [-0.05, 0) is 36.4 Å². The highest BCUT2D eigenvalue weighted by molar-refractivity contribution is 7.92. The molecule has 1 fully saturated rings. The number of rotatable bonds is 8. The van der Waals surface area contributed by atoms with Gasteiger partial charge in [0, 0.05) is 43.2 Å². The molecule has 1 saturated heterocycles. The third-order valence-corrected chi connectivity index (χ3v) is 11.5. The number of thiazole rings is 1. The predicted molar refractivity (Wildman–Crippen MR) is 163 cm³/mol. The number of benzene rings is 2. The molecule has 4 aromatic rings. The molecule has 1 aliphatic rings. The van der Waals surface area contributed by atoms with E-state index in [-0.39, 0.29) is 22.8 Å². The van der Waals surface area contributed by atoms with Crippen LogP contribution in [0.4, 0.5) is 18.9 Å². The highest BCUT2D eigenvalue weighted by Gasteiger charge is 2.28. The smallest absolute Gasteiger partial charge is 0.265 e. The Kier molecular flexibility index (Phi) is 8.86. The fourth-order valence-corrected chi connectivity index (χ4v) is 8.09. The van der Waals surface area contributed by atoms with E-state index in [4.69, 9.17) is 9.97 Å². The van der Waals surface area contributed by atoms with Crippen molar-refractivity contribution >= 4 is 36.9 Å². The van der Waals surface area contributed by atoms with Crippen LogP contribution >= 0.6 is 11.3 Å². The zero-order valence-corrected chi connectivity index (χ0v) is 26.6. The van der Waals surface area contributed by atoms with Crippen molar-refractivity contribution in [1.82, 2.24) is 19.9 Å². The maximum atomic E-state index is 16.0. The van der Waals surface area contributed by atoms with Crippen molar-refractivity contribution in [3.8, 4) is 21.8 Å². The monoisotopic (exact) mass is 665 g/mol. The molecule has 3 heterocycles. The van der Waals surface area contributed by atoms with Gasteiger partial charge in [-0.3, -0.25) is 4.72 Å². The van der Waals surface area contributed by atoms with Gasteiger partial charge in [-0.25, -0.2) is 45.0 Å². The van der Waals surface area contributed by atoms with Crippen molar-refractivity contribution in [3.05, 3.63) is 76.9 Å². The lowest BCUT2D eigenvalue weighted by atomic mass is 9.98. The van der Waals surface area contributed by atoms with Gasteiger partial charge in [0.25, 0.3) is 10.0 Å². The summed E-state index contributed by atoms with van der Waals surface area (Å²) in [5.74, 6) is -2.34. The van der Waals surface area contributed by atoms with Crippen LogP contribution in [0.1, 0.15) is 31.6 Å². The minimum atomic E-state index is -4.68. The molecule has 0 aliphatic carbocycles. The maximum Gasteiger partial charge on any atom is 0.265 e. The summed E-state index contributed by atoms with van der Waals surface area (Å²) in [4.78, 5) is 15.5. The molecule has 2 aromatic carbocycles. The van der Waals surface area contributed by atoms with Crippen LogP contribution in [-0.2, 0) is 31.7 Å². The van der Waals surface area contributed by atoms with Crippen molar-refractivity contribution in [3.63, 3.8) is 0 Å². The average molecular weight is 666 g/mol. The Labute approximate surface area is 258 Å². The van der Waals surface area contributed by atoms with Gasteiger partial charge >= 0.3 is 0 Å². The summed E-state index contributed by atoms with van der Waals surface area (Å²) in [6.45, 7) is 7.33. The van der Waals surface area contributed by atoms with Crippen molar-refractivity contribution in [2.75, 3.05) is 35.9 Å². The van der Waals surface area contributed by atoms with E-state index in [9.17, 15) is 25.6 Å². The molecule has 0 saturated carbocycles. The molecule has 0 bridgehead atoms. The third kappa shape index (κ3) is 7.11. The number of anilines is 1. The largest absolute Gasteiger partial charge is 0.301 e. The van der Waals surface area contributed by atoms with E-state index in [0.717, 1.165) is 6.07 Å². The molecule has 1 N–H and O–H groups in total. The summed E-state index contributed by atoms with van der Waals surface area (Å²) in [6, 6.07) is 7.73. The van der Waals surface area contributed by atoms with Crippen LogP contribution in [0.15, 0.2) is 53.6 Å². The molecule has 0 spiro atoms. The second-order valence-electron chi connectivity index (χ2n) is 11.4. The van der Waals surface area contributed by atoms with Crippen molar-refractivity contribution < 1.29 is 30.0 Å². The van der Waals surface area contributed by atoms with Gasteiger partial charge < -0.3 is 4.90 Å². The molecule has 9 nitrogen and oxygen atoms in total. The quantitative estimate of drug-likeness (QED) is 0.278. The van der Waals surface area contributed by atoms with Crippen LogP contribution in [0.25, 0.3) is 21.8 Å². The van der Waals surface area contributed by atoms with Crippen LogP contribution < -0.4 is 4.72 Å². The maximum absolute atomic E-state index is 16.0. The fraction of sp³-hybridized carbons (Fsp3) is 0.345. The number of nitrogens with one attached hydrogen (secondary N) is 1. The number of hydrogen-bond acceptors (Lipinski definition) is 9. The highest BCUT2D eigenvalue weighted by atomic mass is 32.2. The van der Waals surface area contributed by atoms with Crippen LogP contribution in [0.5, 0.6) is 0 Å². The third-order valence-electron chi connectivity index (χ3n) is 6.98. The Balaban J connectivity index is 1.49. The Hall–Kier alpha value is -3.40. The molecule has 1 aliphatic heterocycles. The summed E-state index contributed by atoms with van der Waals surface area (Å²) < 4.78 is 95.3. The van der Waals surface area contributed by atoms with E-state index in [0.29, 0.717) is 59.6 Å². The Morgan fingerprint density at radius 1 is 1.02 bits per heavy atom. The lowest BCUT2D eigenvalue weighted by molar-refractivity contribution is 0.297. The van der Waals surface area contributed by atoms with E-state index < -0.39 is 53.3 Å². The first-order chi connectivity index (χ1) is 20.6. The molecule has 0 atom stereocenters. The standard InChI is InChI=1S/C29H30F3N5O4S3/c1-29(2,3)28-35-26(19-5-4-6-21(25(19)32)36-44(40,41)23-17-18(30)7-8-20(23)31)27(42-28)22-9-11-33-24(34-22)10-12-37-13-15-43(38,39)16-14-37/h4-9,11,17,36H,10,12-16H2,1-3H3. The normalized spacial score (nSPS) is 15.8. The summed E-state index contributed by atoms with van der Waals surface area (Å²) in [6.07, 6.45) is 2.06. The Morgan fingerprint density at radius 2 is 1.75 bits per heavy atom. The number of sulfonamides is 1. The minimum absolute atomic E-state index is 0.0126. The average Bonchev–Trinajstić information content (AvgIpc) is 3.41. The minimum Gasteiger partial charge on any atom is -0.301 e. The second kappa shape index (κ2) is 12.2. The Morgan fingerprint density at radius 3 is 2.45 bits per heavy atom. The summed E-state index contributed by atoms with van der Waals surface area (Å²) >= 11 is 1.32. The molecular weight excluding hydrogens is 636 g/mol. The van der Waals surface area contributed by atoms with Crippen LogP contribution in [0.2, 0.25) is 0 Å². The first kappa shape index (κ1) is 32.0. The van der Waals surface area contributed by atoms with Gasteiger partial charge in [0.05, 0.1) is 38.5 Å². The zero-order valence-electron chi connectivity index (χ0n) is 24.1. The molecule has 44 heavy (non-hydrogen) atoms. The van der Waals surface area contributed by atoms with E-state index in [1.165, 1.54) is 29.5 Å². The molecule has 0 amide bonds. The fourth-order valence-electron chi connectivity index (χ4n) is 4.55. The first-order valence-corrected chi connectivity index (χ1v) is 17.8. The van der Waals surface area contributed by atoms with Gasteiger partial charge in [-0.2, -0.15) is 0 Å². The molecular formula is C29H30F3N5O4S3. The van der Waals surface area contributed by atoms with Crippen LogP contribution in [-0.4, -0.2) is 67.8 Å². The van der Waals surface area contributed by atoms with E-state index in [1.807, 2.05) is 30.4 Å². The summed E-state index contributed by atoms with van der Waals surface area (Å²) in [7, 11) is -7.67. The summed E-state index contributed by atoms with van der Waals surface area (Å²) in [5.41, 5.74) is -0.157. The number of aromatic nitrogens is 3. The summed E-state index contributed by atoms with van der Waals surface area (Å²) in [5, 5.41) is 0.685. The van der Waals surface area contributed by atoms with Crippen LogP contribution in [0, 0.1) is 17.5 Å². The van der Waals surface area contributed by atoms with Crippen molar-refractivity contribution in [2.24, 2.45) is 0 Å². The number of sulfone groups is 1. The van der Waals surface area contributed by atoms with Gasteiger partial charge in [-0.15, -0.1) is 11.3 Å². The molecule has 2 aromatic heterocycles. The molecule has 234 valence electrons. The van der Waals surface area contributed by atoms with Gasteiger partial charge in [0.2, 0.25) is 0 Å². The zero-order chi connectivity index (χ0) is 31.9. The first-order valence-electron chi connectivity index (χ1n) is 13.7. The topological polar surface area (TPSA) is 122 Å². The lowest BCUT2D eigenvalue weighted by Gasteiger charge is -2.26. The molecule has 0 unspecified atom stereocenters. The van der Waals surface area contributed by atoms with E-state index in [2.05, 4.69) is 4.98 Å². The van der Waals surface area contributed by atoms with Crippen LogP contribution in [0.3, 0.4) is 0 Å². The van der Waals surface area contributed by atoms with Crippen molar-refractivity contribution in [2.45, 2.75) is 37.5 Å². The van der Waals surface area contributed by atoms with Gasteiger partial charge in [0.15, 0.2) is 15.7 Å². The number of halogens is 3. The number of nitrogens with zero attached hydrogens (tertiary/aromatic N) is 4. The highest BCUT2D eigenvalue weighted by Crippen LogP contribution is 2.42. The molecule has 15 heteroatoms. The second-order valence-corrected chi connectivity index (χ2v) is 16.3. The SMILES string of the molecule is CC(C)(C)c1nc(-c2cccc(NS(=O)(=O)c3cc(F)ccc3F)c2F)c(-c2ccnc(CCN3CCS(=O)(=O)CC3)n2)s1. The van der Waals surface area contributed by atoms with Crippen molar-refractivity contribution in [1.29, 1.82) is 0 Å². The Bertz CT molecular complexity index is 1910. The predicted octanol–water partition coefficient (Wildman–Crippen LogP) is 5.06. The van der Waals surface area contributed by atoms with E-state index in [1.54, 1.807) is 12.3 Å². The molecule has 0 radical (unpaired) electrons. The van der Waals surface area contributed by atoms with Gasteiger partial charge in [-0.1, -0.05) is 26.8 Å². The van der Waals surface area contributed by atoms with E-state index >= 15 is 4.39 Å². The lowest BCUT2D eigenvalue weighted by Crippen LogP contribution is -2.41. The number of hydrogen-bond donors (Lipinski definition) is 1. The van der Waals surface area contributed by atoms with Gasteiger partial charge in [0.1, 0.15) is 22.4 Å².